The van der Waals surface area contributed by atoms with Crippen LogP contribution >= 0.6 is 15.9 Å². The fraction of sp³-hybridized carbons (Fsp3) is 0. The molecule has 0 aliphatic rings. The van der Waals surface area contributed by atoms with Gasteiger partial charge in [0.25, 0.3) is 10.0 Å². The van der Waals surface area contributed by atoms with E-state index < -0.39 is 26.6 Å². The normalized spacial score (nSPS) is 11.7. The minimum absolute atomic E-state index is 0.160. The van der Waals surface area contributed by atoms with Crippen LogP contribution in [0.3, 0.4) is 0 Å². The van der Waals surface area contributed by atoms with Gasteiger partial charge in [-0.15, -0.1) is 4.83 Å². The molecule has 0 saturated carbocycles. The second kappa shape index (κ2) is 3.89. The van der Waals surface area contributed by atoms with Crippen LogP contribution in [0, 0.1) is 11.6 Å². The van der Waals surface area contributed by atoms with Crippen molar-refractivity contribution in [2.24, 2.45) is 5.84 Å². The lowest BCUT2D eigenvalue weighted by atomic mass is 10.3. The summed E-state index contributed by atoms with van der Waals surface area (Å²) in [5, 5.41) is 0. The summed E-state index contributed by atoms with van der Waals surface area (Å²) in [6.45, 7) is 0. The zero-order valence-electron chi connectivity index (χ0n) is 6.59. The summed E-state index contributed by atoms with van der Waals surface area (Å²) in [4.78, 5) is 0.719. The SMILES string of the molecule is NNS(=O)(=O)c1cc(Br)c(F)cc1F. The van der Waals surface area contributed by atoms with Crippen molar-refractivity contribution in [1.82, 2.24) is 4.83 Å². The molecular weight excluding hydrogens is 282 g/mol. The Balaban J connectivity index is 3.45. The standard InChI is InChI=1S/C6H5BrF2N2O2S/c7-3-1-6(14(12,13)11-10)5(9)2-4(3)8/h1-2,11H,10H2. The van der Waals surface area contributed by atoms with Gasteiger partial charge in [-0.05, 0) is 22.0 Å². The molecule has 0 fully saturated rings. The summed E-state index contributed by atoms with van der Waals surface area (Å²) in [5.74, 6) is 2.59. The van der Waals surface area contributed by atoms with Crippen molar-refractivity contribution in [3.63, 3.8) is 0 Å². The van der Waals surface area contributed by atoms with Crippen LogP contribution in [-0.4, -0.2) is 8.42 Å². The third kappa shape index (κ3) is 2.08. The molecule has 0 aliphatic carbocycles. The summed E-state index contributed by atoms with van der Waals surface area (Å²) >= 11 is 2.73. The van der Waals surface area contributed by atoms with E-state index in [0.29, 0.717) is 6.07 Å². The third-order valence-electron chi connectivity index (χ3n) is 1.42. The van der Waals surface area contributed by atoms with Crippen molar-refractivity contribution in [3.05, 3.63) is 28.2 Å². The van der Waals surface area contributed by atoms with E-state index in [4.69, 9.17) is 0 Å². The second-order valence-corrected chi connectivity index (χ2v) is 4.85. The van der Waals surface area contributed by atoms with Crippen molar-refractivity contribution in [2.45, 2.75) is 4.90 Å². The van der Waals surface area contributed by atoms with Gasteiger partial charge in [-0.1, -0.05) is 0 Å². The second-order valence-electron chi connectivity index (χ2n) is 2.32. The molecule has 0 spiro atoms. The highest BCUT2D eigenvalue weighted by atomic mass is 79.9. The Labute approximate surface area is 87.3 Å². The lowest BCUT2D eigenvalue weighted by molar-refractivity contribution is 0.542. The average Bonchev–Trinajstić information content (AvgIpc) is 2.11. The highest BCUT2D eigenvalue weighted by molar-refractivity contribution is 9.10. The van der Waals surface area contributed by atoms with Crippen molar-refractivity contribution in [2.75, 3.05) is 0 Å². The molecular formula is C6H5BrF2N2O2S. The Morgan fingerprint density at radius 3 is 2.36 bits per heavy atom. The van der Waals surface area contributed by atoms with Crippen LogP contribution in [0.5, 0.6) is 0 Å². The monoisotopic (exact) mass is 286 g/mol. The maximum Gasteiger partial charge on any atom is 0.256 e. The van der Waals surface area contributed by atoms with E-state index in [-0.39, 0.29) is 4.47 Å². The molecule has 0 radical (unpaired) electrons. The van der Waals surface area contributed by atoms with Gasteiger partial charge < -0.3 is 0 Å². The first-order valence-electron chi connectivity index (χ1n) is 3.25. The first kappa shape index (κ1) is 11.5. The van der Waals surface area contributed by atoms with Gasteiger partial charge in [-0.2, -0.15) is 0 Å². The number of benzene rings is 1. The maximum atomic E-state index is 13.0. The fourth-order valence-electron chi connectivity index (χ4n) is 0.774. The summed E-state index contributed by atoms with van der Waals surface area (Å²) in [6.07, 6.45) is 0. The van der Waals surface area contributed by atoms with Crippen LogP contribution < -0.4 is 10.7 Å². The van der Waals surface area contributed by atoms with Crippen LogP contribution in [0.15, 0.2) is 21.5 Å². The van der Waals surface area contributed by atoms with E-state index in [1.807, 2.05) is 0 Å². The molecule has 0 heterocycles. The summed E-state index contributed by atoms with van der Waals surface area (Å²) < 4.78 is 47.7. The number of halogens is 3. The minimum atomic E-state index is -4.11. The molecule has 14 heavy (non-hydrogen) atoms. The lowest BCUT2D eigenvalue weighted by Crippen LogP contribution is -2.30. The maximum absolute atomic E-state index is 13.0. The van der Waals surface area contributed by atoms with Gasteiger partial charge in [-0.25, -0.2) is 17.2 Å². The van der Waals surface area contributed by atoms with Gasteiger partial charge in [0.15, 0.2) is 0 Å². The molecule has 0 unspecified atom stereocenters. The predicted octanol–water partition coefficient (Wildman–Crippen LogP) is 0.879. The highest BCUT2D eigenvalue weighted by Crippen LogP contribution is 2.22. The third-order valence-corrected chi connectivity index (χ3v) is 3.23. The van der Waals surface area contributed by atoms with Crippen LogP contribution in [0.1, 0.15) is 0 Å². The summed E-state index contributed by atoms with van der Waals surface area (Å²) in [5.41, 5.74) is 0. The predicted molar refractivity (Wildman–Crippen MR) is 48.6 cm³/mol. The first-order chi connectivity index (χ1) is 6.38. The molecule has 0 atom stereocenters. The van der Waals surface area contributed by atoms with E-state index in [2.05, 4.69) is 21.8 Å². The summed E-state index contributed by atoms with van der Waals surface area (Å²) in [7, 11) is -4.11. The smallest absolute Gasteiger partial charge is 0.256 e. The van der Waals surface area contributed by atoms with Crippen molar-refractivity contribution in [1.29, 1.82) is 0 Å². The van der Waals surface area contributed by atoms with Gasteiger partial charge in [-0.3, -0.25) is 5.84 Å². The Kier molecular flexibility index (Phi) is 3.20. The number of hydrogen-bond donors (Lipinski definition) is 2. The Bertz CT molecular complexity index is 463. The van der Waals surface area contributed by atoms with Crippen molar-refractivity contribution in [3.8, 4) is 0 Å². The number of nitrogens with one attached hydrogen (secondary N) is 1. The van der Waals surface area contributed by atoms with E-state index in [1.54, 1.807) is 0 Å². The lowest BCUT2D eigenvalue weighted by Gasteiger charge is -2.04. The highest BCUT2D eigenvalue weighted by Gasteiger charge is 2.19. The van der Waals surface area contributed by atoms with Crippen molar-refractivity contribution < 1.29 is 17.2 Å². The van der Waals surface area contributed by atoms with Crippen LogP contribution in [0.4, 0.5) is 8.78 Å². The zero-order valence-corrected chi connectivity index (χ0v) is 8.99. The molecule has 4 nitrogen and oxygen atoms in total. The molecule has 0 aliphatic heterocycles. The topological polar surface area (TPSA) is 72.2 Å². The van der Waals surface area contributed by atoms with E-state index in [0.717, 1.165) is 6.07 Å². The molecule has 78 valence electrons. The van der Waals surface area contributed by atoms with Gasteiger partial charge in [0.2, 0.25) is 0 Å². The fourth-order valence-corrected chi connectivity index (χ4v) is 1.98. The zero-order chi connectivity index (χ0) is 10.9. The number of nitrogens with two attached hydrogens (primary N) is 1. The number of sulfonamides is 1. The number of hydrogen-bond acceptors (Lipinski definition) is 3. The van der Waals surface area contributed by atoms with Gasteiger partial charge >= 0.3 is 0 Å². The van der Waals surface area contributed by atoms with Gasteiger partial charge in [0.05, 0.1) is 4.47 Å². The van der Waals surface area contributed by atoms with Crippen LogP contribution in [0.2, 0.25) is 0 Å². The largest absolute Gasteiger partial charge is 0.257 e. The van der Waals surface area contributed by atoms with E-state index in [9.17, 15) is 17.2 Å². The first-order valence-corrected chi connectivity index (χ1v) is 5.53. The van der Waals surface area contributed by atoms with E-state index >= 15 is 0 Å². The molecule has 0 aromatic heterocycles. The number of rotatable bonds is 2. The average molecular weight is 287 g/mol. The molecule has 3 N–H and O–H groups in total. The molecule has 8 heteroatoms. The molecule has 1 aromatic carbocycles. The molecule has 1 aromatic rings. The quantitative estimate of drug-likeness (QED) is 0.482. The molecule has 0 amide bonds. The van der Waals surface area contributed by atoms with Crippen LogP contribution in [-0.2, 0) is 10.0 Å². The molecule has 0 saturated heterocycles. The Hall–Kier alpha value is -0.570. The summed E-state index contributed by atoms with van der Waals surface area (Å²) in [6, 6.07) is 1.24. The number of hydrazine groups is 1. The van der Waals surface area contributed by atoms with E-state index in [1.165, 1.54) is 4.83 Å². The Morgan fingerprint density at radius 1 is 1.29 bits per heavy atom. The minimum Gasteiger partial charge on any atom is -0.257 e. The van der Waals surface area contributed by atoms with Gasteiger partial charge in [0.1, 0.15) is 16.5 Å². The molecule has 0 bridgehead atoms. The van der Waals surface area contributed by atoms with Gasteiger partial charge in [0, 0.05) is 6.07 Å². The van der Waals surface area contributed by atoms with Crippen LogP contribution in [0.25, 0.3) is 0 Å². The Morgan fingerprint density at radius 2 is 1.86 bits per heavy atom. The molecule has 1 rings (SSSR count). The van der Waals surface area contributed by atoms with Crippen molar-refractivity contribution >= 4 is 26.0 Å².